The van der Waals surface area contributed by atoms with Crippen molar-refractivity contribution in [2.24, 2.45) is 0 Å². The summed E-state index contributed by atoms with van der Waals surface area (Å²) in [5, 5.41) is 0. The Morgan fingerprint density at radius 3 is 2.31 bits per heavy atom. The molecule has 2 aromatic rings. The van der Waals surface area contributed by atoms with Crippen molar-refractivity contribution in [3.8, 4) is 0 Å². The van der Waals surface area contributed by atoms with Gasteiger partial charge in [0.1, 0.15) is 0 Å². The van der Waals surface area contributed by atoms with Crippen LogP contribution in [0.2, 0.25) is 0 Å². The first-order chi connectivity index (χ1) is 7.93. The van der Waals surface area contributed by atoms with E-state index in [1.165, 1.54) is 22.3 Å². The molecule has 0 radical (unpaired) electrons. The average molecular weight is 204 g/mol. The van der Waals surface area contributed by atoms with E-state index in [-0.39, 0.29) is 0 Å². The van der Waals surface area contributed by atoms with E-state index in [2.05, 4.69) is 66.8 Å². The first-order valence-electron chi connectivity index (χ1n) is 5.48. The van der Waals surface area contributed by atoms with E-state index in [4.69, 9.17) is 0 Å². The standard InChI is InChI=1S/C16H12/c1-2-6-13(7-3-1)12-15-11-10-14-8-4-5-9-16(14)15/h1-12H. The maximum absolute atomic E-state index is 2.22. The lowest BCUT2D eigenvalue weighted by molar-refractivity contribution is 1.61. The summed E-state index contributed by atoms with van der Waals surface area (Å²) in [4.78, 5) is 0. The van der Waals surface area contributed by atoms with Crippen molar-refractivity contribution in [1.82, 2.24) is 0 Å². The van der Waals surface area contributed by atoms with Crippen LogP contribution in [0.15, 0.2) is 60.7 Å². The van der Waals surface area contributed by atoms with Gasteiger partial charge in [-0.15, -0.1) is 0 Å². The Labute approximate surface area is 95.6 Å². The van der Waals surface area contributed by atoms with Gasteiger partial charge in [-0.25, -0.2) is 0 Å². The van der Waals surface area contributed by atoms with Crippen LogP contribution in [0.5, 0.6) is 0 Å². The van der Waals surface area contributed by atoms with Gasteiger partial charge in [-0.2, -0.15) is 0 Å². The zero-order valence-corrected chi connectivity index (χ0v) is 8.93. The van der Waals surface area contributed by atoms with Crippen LogP contribution in [-0.4, -0.2) is 0 Å². The number of hydrogen-bond acceptors (Lipinski definition) is 0. The topological polar surface area (TPSA) is 0 Å². The van der Waals surface area contributed by atoms with E-state index < -0.39 is 0 Å². The van der Waals surface area contributed by atoms with Gasteiger partial charge in [-0.1, -0.05) is 66.7 Å². The van der Waals surface area contributed by atoms with Crippen LogP contribution in [0.4, 0.5) is 0 Å². The first-order valence-corrected chi connectivity index (χ1v) is 5.48. The fourth-order valence-electron chi connectivity index (χ4n) is 2.03. The third-order valence-corrected chi connectivity index (χ3v) is 2.84. The Bertz CT molecular complexity index is 560. The van der Waals surface area contributed by atoms with Crippen molar-refractivity contribution in [2.75, 3.05) is 0 Å². The monoisotopic (exact) mass is 204 g/mol. The molecule has 0 aliphatic heterocycles. The average Bonchev–Trinajstić information content (AvgIpc) is 2.74. The predicted molar refractivity (Wildman–Crippen MR) is 69.8 cm³/mol. The van der Waals surface area contributed by atoms with E-state index >= 15 is 0 Å². The molecule has 0 atom stereocenters. The van der Waals surface area contributed by atoms with Crippen molar-refractivity contribution >= 4 is 17.7 Å². The summed E-state index contributed by atoms with van der Waals surface area (Å²) in [6, 6.07) is 18.9. The number of fused-ring (bicyclic) bond motifs is 1. The minimum atomic E-state index is 1.25. The minimum absolute atomic E-state index is 1.25. The van der Waals surface area contributed by atoms with Gasteiger partial charge in [0, 0.05) is 0 Å². The third-order valence-electron chi connectivity index (χ3n) is 2.84. The fraction of sp³-hybridized carbons (Fsp3) is 0. The molecule has 0 heteroatoms. The summed E-state index contributed by atoms with van der Waals surface area (Å²) in [6.45, 7) is 0. The second kappa shape index (κ2) is 3.82. The summed E-state index contributed by atoms with van der Waals surface area (Å²) in [7, 11) is 0. The molecule has 0 nitrogen and oxygen atoms in total. The highest BCUT2D eigenvalue weighted by Crippen LogP contribution is 2.30. The lowest BCUT2D eigenvalue weighted by atomic mass is 10.0. The molecule has 0 amide bonds. The molecule has 0 aromatic heterocycles. The van der Waals surface area contributed by atoms with Crippen LogP contribution in [0.25, 0.3) is 17.7 Å². The van der Waals surface area contributed by atoms with Gasteiger partial charge in [-0.3, -0.25) is 0 Å². The molecule has 0 saturated heterocycles. The summed E-state index contributed by atoms with van der Waals surface area (Å²) >= 11 is 0. The zero-order chi connectivity index (χ0) is 10.8. The van der Waals surface area contributed by atoms with E-state index in [1.807, 2.05) is 6.07 Å². The molecule has 16 heavy (non-hydrogen) atoms. The van der Waals surface area contributed by atoms with Crippen molar-refractivity contribution in [3.63, 3.8) is 0 Å². The molecule has 0 N–H and O–H groups in total. The van der Waals surface area contributed by atoms with Gasteiger partial charge in [0.15, 0.2) is 0 Å². The second-order valence-electron chi connectivity index (χ2n) is 3.93. The summed E-state index contributed by atoms with van der Waals surface area (Å²) in [5.74, 6) is 0. The second-order valence-corrected chi connectivity index (χ2v) is 3.93. The molecule has 0 fully saturated rings. The molecule has 1 aliphatic rings. The van der Waals surface area contributed by atoms with Crippen LogP contribution in [0, 0.1) is 0 Å². The Hall–Kier alpha value is -2.08. The van der Waals surface area contributed by atoms with Crippen molar-refractivity contribution in [3.05, 3.63) is 77.4 Å². The van der Waals surface area contributed by atoms with E-state index in [0.29, 0.717) is 0 Å². The highest BCUT2D eigenvalue weighted by molar-refractivity contribution is 5.97. The van der Waals surface area contributed by atoms with E-state index in [9.17, 15) is 0 Å². The lowest BCUT2D eigenvalue weighted by Gasteiger charge is -2.00. The Kier molecular flexibility index (Phi) is 2.19. The number of hydrogen-bond donors (Lipinski definition) is 0. The van der Waals surface area contributed by atoms with Crippen LogP contribution in [-0.2, 0) is 0 Å². The Balaban J connectivity index is 2.06. The van der Waals surface area contributed by atoms with Gasteiger partial charge < -0.3 is 0 Å². The minimum Gasteiger partial charge on any atom is -0.0622 e. The van der Waals surface area contributed by atoms with Gasteiger partial charge in [0.25, 0.3) is 0 Å². The Morgan fingerprint density at radius 1 is 0.688 bits per heavy atom. The molecule has 0 spiro atoms. The zero-order valence-electron chi connectivity index (χ0n) is 8.93. The SMILES string of the molecule is C1=Cc2ccccc2C1=Cc1ccccc1. The number of benzene rings is 2. The van der Waals surface area contributed by atoms with Crippen molar-refractivity contribution in [2.45, 2.75) is 0 Å². The molecule has 3 rings (SSSR count). The van der Waals surface area contributed by atoms with E-state index in [1.54, 1.807) is 0 Å². The van der Waals surface area contributed by atoms with Crippen LogP contribution >= 0.6 is 0 Å². The van der Waals surface area contributed by atoms with Gasteiger partial charge in [-0.05, 0) is 28.3 Å². The smallest absolute Gasteiger partial charge is 0.0111 e. The van der Waals surface area contributed by atoms with Crippen LogP contribution in [0.1, 0.15) is 16.7 Å². The number of rotatable bonds is 1. The molecule has 2 aromatic carbocycles. The molecule has 76 valence electrons. The van der Waals surface area contributed by atoms with Crippen LogP contribution in [0.3, 0.4) is 0 Å². The molecular formula is C16H12. The largest absolute Gasteiger partial charge is 0.0622 e. The predicted octanol–water partition coefficient (Wildman–Crippen LogP) is 4.25. The van der Waals surface area contributed by atoms with Crippen molar-refractivity contribution in [1.29, 1.82) is 0 Å². The third kappa shape index (κ3) is 1.59. The van der Waals surface area contributed by atoms with Crippen LogP contribution < -0.4 is 0 Å². The maximum atomic E-state index is 2.22. The number of allylic oxidation sites excluding steroid dienone is 2. The van der Waals surface area contributed by atoms with Gasteiger partial charge in [0.2, 0.25) is 0 Å². The van der Waals surface area contributed by atoms with Crippen molar-refractivity contribution < 1.29 is 0 Å². The highest BCUT2D eigenvalue weighted by atomic mass is 14.1. The fourth-order valence-corrected chi connectivity index (χ4v) is 2.03. The lowest BCUT2D eigenvalue weighted by Crippen LogP contribution is -1.79. The van der Waals surface area contributed by atoms with E-state index in [0.717, 1.165) is 0 Å². The van der Waals surface area contributed by atoms with Gasteiger partial charge in [0.05, 0.1) is 0 Å². The molecule has 0 saturated carbocycles. The molecular weight excluding hydrogens is 192 g/mol. The molecule has 1 aliphatic carbocycles. The Morgan fingerprint density at radius 2 is 1.44 bits per heavy atom. The highest BCUT2D eigenvalue weighted by Gasteiger charge is 2.08. The molecule has 0 heterocycles. The first kappa shape index (κ1) is 9.17. The molecule has 0 bridgehead atoms. The summed E-state index contributed by atoms with van der Waals surface area (Å²) in [6.07, 6.45) is 6.57. The summed E-state index contributed by atoms with van der Waals surface area (Å²) in [5.41, 5.74) is 5.18. The molecule has 0 unspecified atom stereocenters. The normalized spacial score (nSPS) is 15.4. The quantitative estimate of drug-likeness (QED) is 0.651. The van der Waals surface area contributed by atoms with Gasteiger partial charge >= 0.3 is 0 Å². The maximum Gasteiger partial charge on any atom is -0.0111 e. The summed E-state index contributed by atoms with van der Waals surface area (Å²) < 4.78 is 0.